The highest BCUT2D eigenvalue weighted by atomic mass is 35.5. The summed E-state index contributed by atoms with van der Waals surface area (Å²) in [5.41, 5.74) is -1.14. The van der Waals surface area contributed by atoms with E-state index in [4.69, 9.17) is 21.0 Å². The van der Waals surface area contributed by atoms with E-state index in [0.29, 0.717) is 6.07 Å². The maximum Gasteiger partial charge on any atom is 0.417 e. The molecule has 0 spiro atoms. The van der Waals surface area contributed by atoms with Crippen molar-refractivity contribution in [1.82, 2.24) is 0 Å². The van der Waals surface area contributed by atoms with Gasteiger partial charge < -0.3 is 4.18 Å². The highest BCUT2D eigenvalue weighted by Crippen LogP contribution is 2.36. The van der Waals surface area contributed by atoms with Crippen LogP contribution in [-0.4, -0.2) is 8.42 Å². The fourth-order valence-corrected chi connectivity index (χ4v) is 2.84. The Morgan fingerprint density at radius 3 is 2.43 bits per heavy atom. The van der Waals surface area contributed by atoms with Crippen LogP contribution in [0.3, 0.4) is 0 Å². The molecule has 0 aliphatic carbocycles. The molecule has 0 fully saturated rings. The normalized spacial score (nSPS) is 11.8. The Morgan fingerprint density at radius 1 is 1.13 bits per heavy atom. The summed E-state index contributed by atoms with van der Waals surface area (Å²) in [5, 5.41) is 8.12. The molecule has 2 aromatic rings. The summed E-state index contributed by atoms with van der Waals surface area (Å²) in [7, 11) is -4.51. The van der Waals surface area contributed by atoms with Crippen LogP contribution in [0.4, 0.5) is 13.2 Å². The fraction of sp³-hybridized carbons (Fsp3) is 0.0714. The molecule has 0 amide bonds. The number of rotatable bonds is 3. The van der Waals surface area contributed by atoms with Crippen molar-refractivity contribution >= 4 is 21.7 Å². The van der Waals surface area contributed by atoms with Crippen molar-refractivity contribution in [1.29, 1.82) is 5.26 Å². The van der Waals surface area contributed by atoms with Crippen molar-refractivity contribution in [3.05, 3.63) is 58.6 Å². The first-order chi connectivity index (χ1) is 10.6. The van der Waals surface area contributed by atoms with Gasteiger partial charge in [-0.1, -0.05) is 17.7 Å². The summed E-state index contributed by atoms with van der Waals surface area (Å²) in [5.74, 6) is -0.187. The Hall–Kier alpha value is -2.24. The van der Waals surface area contributed by atoms with Gasteiger partial charge in [-0.25, -0.2) is 0 Å². The van der Waals surface area contributed by atoms with E-state index in [1.807, 2.05) is 0 Å². The van der Waals surface area contributed by atoms with Gasteiger partial charge in [0.25, 0.3) is 0 Å². The molecule has 0 saturated heterocycles. The first-order valence-corrected chi connectivity index (χ1v) is 7.73. The maximum atomic E-state index is 12.8. The molecule has 0 N–H and O–H groups in total. The van der Waals surface area contributed by atoms with Crippen LogP contribution in [0.1, 0.15) is 11.1 Å². The van der Waals surface area contributed by atoms with Crippen molar-refractivity contribution in [2.45, 2.75) is 11.1 Å². The average Bonchev–Trinajstić information content (AvgIpc) is 2.46. The molecule has 4 nitrogen and oxygen atoms in total. The molecule has 0 heterocycles. The van der Waals surface area contributed by atoms with E-state index >= 15 is 0 Å². The summed E-state index contributed by atoms with van der Waals surface area (Å²) in [6.45, 7) is 0. The molecule has 0 aliphatic rings. The van der Waals surface area contributed by atoms with Gasteiger partial charge in [0.2, 0.25) is 0 Å². The van der Waals surface area contributed by atoms with Crippen molar-refractivity contribution in [3.63, 3.8) is 0 Å². The maximum absolute atomic E-state index is 12.8. The lowest BCUT2D eigenvalue weighted by molar-refractivity contribution is -0.137. The van der Waals surface area contributed by atoms with Crippen LogP contribution in [0.5, 0.6) is 5.75 Å². The number of benzene rings is 2. The molecule has 0 unspecified atom stereocenters. The van der Waals surface area contributed by atoms with Gasteiger partial charge in [-0.15, -0.1) is 0 Å². The van der Waals surface area contributed by atoms with E-state index < -0.39 is 31.8 Å². The molecule has 0 bridgehead atoms. The Balaban J connectivity index is 2.42. The van der Waals surface area contributed by atoms with Gasteiger partial charge in [0, 0.05) is 0 Å². The van der Waals surface area contributed by atoms with Crippen LogP contribution >= 0.6 is 11.6 Å². The molecule has 0 aromatic heterocycles. The molecule has 0 radical (unpaired) electrons. The lowest BCUT2D eigenvalue weighted by Gasteiger charge is -2.12. The molecule has 0 atom stereocenters. The third-order valence-corrected chi connectivity index (χ3v) is 4.27. The van der Waals surface area contributed by atoms with E-state index in [0.717, 1.165) is 18.2 Å². The van der Waals surface area contributed by atoms with E-state index in [1.165, 1.54) is 18.2 Å². The number of nitrogens with zero attached hydrogens (tertiary/aromatic N) is 1. The second-order valence-electron chi connectivity index (χ2n) is 4.32. The van der Waals surface area contributed by atoms with Crippen molar-refractivity contribution in [3.8, 4) is 11.8 Å². The topological polar surface area (TPSA) is 67.2 Å². The standard InChI is InChI=1S/C14H7ClF3NO3S/c15-13-5-4-11(7-12(13)14(16,17)18)23(20,21)22-10-3-1-2-9(6-10)8-19/h1-7H. The van der Waals surface area contributed by atoms with Gasteiger partial charge in [-0.05, 0) is 36.4 Å². The zero-order chi connectivity index (χ0) is 17.3. The average molecular weight is 362 g/mol. The Morgan fingerprint density at radius 2 is 1.83 bits per heavy atom. The molecule has 9 heteroatoms. The van der Waals surface area contributed by atoms with Crippen LogP contribution in [0, 0.1) is 11.3 Å². The summed E-state index contributed by atoms with van der Waals surface area (Å²) < 4.78 is 67.3. The predicted molar refractivity (Wildman–Crippen MR) is 75.4 cm³/mol. The van der Waals surface area contributed by atoms with Gasteiger partial charge in [0.05, 0.1) is 22.2 Å². The van der Waals surface area contributed by atoms with E-state index in [2.05, 4.69) is 0 Å². The van der Waals surface area contributed by atoms with Crippen LogP contribution in [0.2, 0.25) is 5.02 Å². The molecule has 2 aromatic carbocycles. The van der Waals surface area contributed by atoms with Crippen molar-refractivity contribution in [2.75, 3.05) is 0 Å². The molecule has 0 aliphatic heterocycles. The van der Waals surface area contributed by atoms with Crippen LogP contribution in [-0.2, 0) is 16.3 Å². The summed E-state index contributed by atoms with van der Waals surface area (Å²) in [6.07, 6.45) is -4.80. The number of hydrogen-bond donors (Lipinski definition) is 0. The van der Waals surface area contributed by atoms with Gasteiger partial charge >= 0.3 is 16.3 Å². The van der Waals surface area contributed by atoms with E-state index in [9.17, 15) is 21.6 Å². The molecule has 120 valence electrons. The monoisotopic (exact) mass is 361 g/mol. The third-order valence-electron chi connectivity index (χ3n) is 2.70. The highest BCUT2D eigenvalue weighted by Gasteiger charge is 2.34. The van der Waals surface area contributed by atoms with Crippen molar-refractivity contribution < 1.29 is 25.8 Å². The second kappa shape index (κ2) is 6.10. The van der Waals surface area contributed by atoms with Gasteiger partial charge in [-0.2, -0.15) is 26.9 Å². The van der Waals surface area contributed by atoms with Crippen LogP contribution in [0.15, 0.2) is 47.4 Å². The molecule has 2 rings (SSSR count). The smallest absolute Gasteiger partial charge is 0.379 e. The molecule has 23 heavy (non-hydrogen) atoms. The lowest BCUT2D eigenvalue weighted by Crippen LogP contribution is -2.13. The third kappa shape index (κ3) is 3.94. The van der Waals surface area contributed by atoms with E-state index in [1.54, 1.807) is 6.07 Å². The molecular weight excluding hydrogens is 355 g/mol. The lowest BCUT2D eigenvalue weighted by atomic mass is 10.2. The molecule has 0 saturated carbocycles. The van der Waals surface area contributed by atoms with Gasteiger partial charge in [-0.3, -0.25) is 0 Å². The Bertz CT molecular complexity index is 889. The summed E-state index contributed by atoms with van der Waals surface area (Å²) >= 11 is 5.44. The minimum absolute atomic E-state index is 0.143. The van der Waals surface area contributed by atoms with Crippen molar-refractivity contribution in [2.24, 2.45) is 0 Å². The predicted octanol–water partition coefficient (Wildman–Crippen LogP) is 4.00. The highest BCUT2D eigenvalue weighted by molar-refractivity contribution is 7.87. The Kier molecular flexibility index (Phi) is 4.54. The minimum Gasteiger partial charge on any atom is -0.379 e. The molecular formula is C14H7ClF3NO3S. The summed E-state index contributed by atoms with van der Waals surface area (Å²) in [6, 6.07) is 9.13. The van der Waals surface area contributed by atoms with E-state index in [-0.39, 0.29) is 11.3 Å². The van der Waals surface area contributed by atoms with Gasteiger partial charge in [0.15, 0.2) is 0 Å². The van der Waals surface area contributed by atoms with Crippen LogP contribution in [0.25, 0.3) is 0 Å². The second-order valence-corrected chi connectivity index (χ2v) is 6.27. The van der Waals surface area contributed by atoms with Gasteiger partial charge in [0.1, 0.15) is 10.6 Å². The van der Waals surface area contributed by atoms with Crippen LogP contribution < -0.4 is 4.18 Å². The minimum atomic E-state index is -4.80. The quantitative estimate of drug-likeness (QED) is 0.775. The first kappa shape index (κ1) is 17.1. The zero-order valence-corrected chi connectivity index (χ0v) is 12.7. The SMILES string of the molecule is N#Cc1cccc(OS(=O)(=O)c2ccc(Cl)c(C(F)(F)F)c2)c1. The number of halogens is 4. The number of alkyl halides is 3. The zero-order valence-electron chi connectivity index (χ0n) is 11.1. The fourth-order valence-electron chi connectivity index (χ4n) is 1.67. The number of hydrogen-bond acceptors (Lipinski definition) is 4. The largest absolute Gasteiger partial charge is 0.417 e. The first-order valence-electron chi connectivity index (χ1n) is 5.95. The number of nitriles is 1. The summed E-state index contributed by atoms with van der Waals surface area (Å²) in [4.78, 5) is -0.698. The Labute approximate surface area is 134 Å².